The molecule has 0 saturated heterocycles. The smallest absolute Gasteiger partial charge is 0.350 e. The van der Waals surface area contributed by atoms with Gasteiger partial charge in [-0.1, -0.05) is 6.92 Å². The number of carbonyl (C=O) groups excluding carboxylic acids is 1. The molecule has 0 aromatic rings. The first-order valence-electron chi connectivity index (χ1n) is 6.35. The number of hydrogen-bond donors (Lipinski definition) is 2. The molecule has 0 rings (SSSR count). The normalized spacial score (nSPS) is 14.6. The van der Waals surface area contributed by atoms with Gasteiger partial charge in [-0.25, -0.2) is 0 Å². The van der Waals surface area contributed by atoms with Crippen LogP contribution in [-0.2, 0) is 4.79 Å². The number of amides is 1. The molecule has 7 heteroatoms. The highest BCUT2D eigenvalue weighted by atomic mass is 19.4. The molecule has 1 amide bonds. The highest BCUT2D eigenvalue weighted by molar-refractivity contribution is 5.82. The number of halogens is 3. The summed E-state index contributed by atoms with van der Waals surface area (Å²) < 4.78 is 37.3. The lowest BCUT2D eigenvalue weighted by atomic mass is 10.0. The zero-order chi connectivity index (χ0) is 15.3. The average Bonchev–Trinajstić information content (AvgIpc) is 2.25. The summed E-state index contributed by atoms with van der Waals surface area (Å²) in [7, 11) is 0. The van der Waals surface area contributed by atoms with Gasteiger partial charge in [0.1, 0.15) is 0 Å². The maximum absolute atomic E-state index is 12.4. The van der Waals surface area contributed by atoms with E-state index in [2.05, 4.69) is 5.32 Å². The molecular formula is C12H24F3N3O. The highest BCUT2D eigenvalue weighted by Gasteiger charge is 2.35. The van der Waals surface area contributed by atoms with Crippen molar-refractivity contribution in [2.24, 2.45) is 5.73 Å². The molecule has 0 heterocycles. The van der Waals surface area contributed by atoms with E-state index in [1.54, 1.807) is 0 Å². The molecular weight excluding hydrogens is 259 g/mol. The number of hydrogen-bond acceptors (Lipinski definition) is 3. The number of carbonyl (C=O) groups is 1. The number of nitrogens with zero attached hydrogens (tertiary/aromatic N) is 1. The van der Waals surface area contributed by atoms with E-state index in [1.807, 2.05) is 20.8 Å². The van der Waals surface area contributed by atoms with Crippen molar-refractivity contribution in [2.45, 2.75) is 51.9 Å². The first-order valence-corrected chi connectivity index (χ1v) is 6.35. The molecule has 0 fully saturated rings. The van der Waals surface area contributed by atoms with Gasteiger partial charge in [-0.05, 0) is 27.2 Å². The van der Waals surface area contributed by atoms with Crippen LogP contribution in [0.15, 0.2) is 0 Å². The summed E-state index contributed by atoms with van der Waals surface area (Å²) in [5.74, 6) is -0.412. The van der Waals surface area contributed by atoms with Gasteiger partial charge in [0.2, 0.25) is 5.91 Å². The van der Waals surface area contributed by atoms with E-state index in [9.17, 15) is 18.0 Å². The molecule has 19 heavy (non-hydrogen) atoms. The molecule has 0 bridgehead atoms. The van der Waals surface area contributed by atoms with Gasteiger partial charge in [-0.2, -0.15) is 13.2 Å². The van der Waals surface area contributed by atoms with Gasteiger partial charge in [-0.3, -0.25) is 9.69 Å². The van der Waals surface area contributed by atoms with Crippen molar-refractivity contribution in [3.8, 4) is 0 Å². The quantitative estimate of drug-likeness (QED) is 0.744. The molecule has 0 aliphatic rings. The Balaban J connectivity index is 4.71. The summed E-state index contributed by atoms with van der Waals surface area (Å²) in [5.41, 5.74) is 4.87. The third-order valence-electron chi connectivity index (χ3n) is 3.07. The van der Waals surface area contributed by atoms with Crippen molar-refractivity contribution < 1.29 is 18.0 Å². The number of nitrogens with one attached hydrogen (secondary N) is 1. The van der Waals surface area contributed by atoms with Crippen LogP contribution in [0.3, 0.4) is 0 Å². The summed E-state index contributed by atoms with van der Waals surface area (Å²) in [6.07, 6.45) is -3.65. The summed E-state index contributed by atoms with van der Waals surface area (Å²) in [5, 5.41) is 2.74. The van der Waals surface area contributed by atoms with Crippen LogP contribution in [0.25, 0.3) is 0 Å². The van der Waals surface area contributed by atoms with Crippen LogP contribution >= 0.6 is 0 Å². The molecule has 1 atom stereocenters. The van der Waals surface area contributed by atoms with Crippen LogP contribution in [0.5, 0.6) is 0 Å². The monoisotopic (exact) mass is 283 g/mol. The van der Waals surface area contributed by atoms with Gasteiger partial charge < -0.3 is 11.1 Å². The van der Waals surface area contributed by atoms with E-state index in [0.717, 1.165) is 4.90 Å². The van der Waals surface area contributed by atoms with Crippen LogP contribution in [0, 0.1) is 0 Å². The van der Waals surface area contributed by atoms with Crippen molar-refractivity contribution >= 4 is 5.91 Å². The Morgan fingerprint density at radius 3 is 2.26 bits per heavy atom. The maximum atomic E-state index is 12.4. The fraction of sp³-hybridized carbons (Fsp3) is 0.917. The Morgan fingerprint density at radius 2 is 1.89 bits per heavy atom. The second-order valence-corrected chi connectivity index (χ2v) is 5.28. The minimum absolute atomic E-state index is 0.0284. The lowest BCUT2D eigenvalue weighted by Gasteiger charge is -2.32. The van der Waals surface area contributed by atoms with E-state index in [1.165, 1.54) is 6.92 Å². The summed E-state index contributed by atoms with van der Waals surface area (Å²) >= 11 is 0. The number of rotatable bonds is 7. The van der Waals surface area contributed by atoms with Crippen molar-refractivity contribution in [3.63, 3.8) is 0 Å². The fourth-order valence-corrected chi connectivity index (χ4v) is 1.50. The maximum Gasteiger partial charge on any atom is 0.401 e. The molecule has 0 spiro atoms. The minimum atomic E-state index is -4.34. The lowest BCUT2D eigenvalue weighted by Crippen LogP contribution is -2.54. The summed E-state index contributed by atoms with van der Waals surface area (Å²) in [6, 6.07) is -0.865. The second kappa shape index (κ2) is 7.09. The van der Waals surface area contributed by atoms with E-state index < -0.39 is 30.2 Å². The van der Waals surface area contributed by atoms with Gasteiger partial charge in [0.05, 0.1) is 12.6 Å². The molecule has 0 radical (unpaired) electrons. The first kappa shape index (κ1) is 18.2. The zero-order valence-electron chi connectivity index (χ0n) is 12.0. The van der Waals surface area contributed by atoms with E-state index in [0.29, 0.717) is 6.42 Å². The summed E-state index contributed by atoms with van der Waals surface area (Å²) in [4.78, 5) is 13.0. The molecule has 4 nitrogen and oxygen atoms in total. The van der Waals surface area contributed by atoms with Crippen LogP contribution in [0.2, 0.25) is 0 Å². The van der Waals surface area contributed by atoms with Gasteiger partial charge in [-0.15, -0.1) is 0 Å². The van der Waals surface area contributed by atoms with E-state index >= 15 is 0 Å². The third-order valence-corrected chi connectivity index (χ3v) is 3.07. The van der Waals surface area contributed by atoms with Gasteiger partial charge >= 0.3 is 6.18 Å². The fourth-order valence-electron chi connectivity index (χ4n) is 1.50. The molecule has 0 aromatic heterocycles. The Hall–Kier alpha value is -0.820. The average molecular weight is 283 g/mol. The summed E-state index contributed by atoms with van der Waals surface area (Å²) in [6.45, 7) is 5.99. The number of alkyl halides is 3. The lowest BCUT2D eigenvalue weighted by molar-refractivity contribution is -0.154. The Kier molecular flexibility index (Phi) is 6.79. The minimum Gasteiger partial charge on any atom is -0.350 e. The van der Waals surface area contributed by atoms with E-state index in [-0.39, 0.29) is 13.1 Å². The molecule has 3 N–H and O–H groups in total. The van der Waals surface area contributed by atoms with Crippen molar-refractivity contribution in [3.05, 3.63) is 0 Å². The molecule has 0 aromatic carbocycles. The molecule has 0 aliphatic carbocycles. The largest absolute Gasteiger partial charge is 0.401 e. The van der Waals surface area contributed by atoms with Crippen LogP contribution in [0.1, 0.15) is 34.1 Å². The van der Waals surface area contributed by atoms with Crippen molar-refractivity contribution in [2.75, 3.05) is 19.6 Å². The second-order valence-electron chi connectivity index (χ2n) is 5.28. The SMILES string of the molecule is CCC(C)(C)NC(=O)C(C)N(CCN)CC(F)(F)F. The third kappa shape index (κ3) is 7.37. The van der Waals surface area contributed by atoms with Crippen LogP contribution < -0.4 is 11.1 Å². The van der Waals surface area contributed by atoms with Crippen LogP contribution in [-0.4, -0.2) is 48.2 Å². The Morgan fingerprint density at radius 1 is 1.37 bits per heavy atom. The van der Waals surface area contributed by atoms with Crippen molar-refractivity contribution in [1.29, 1.82) is 0 Å². The van der Waals surface area contributed by atoms with Crippen LogP contribution in [0.4, 0.5) is 13.2 Å². The Bertz CT molecular complexity index is 292. The van der Waals surface area contributed by atoms with Gasteiger partial charge in [0.15, 0.2) is 0 Å². The Labute approximate surface area is 112 Å². The predicted molar refractivity (Wildman–Crippen MR) is 68.7 cm³/mol. The standard InChI is InChI=1S/C12H24F3N3O/c1-5-11(3,4)17-10(19)9(2)18(7-6-16)8-12(13,14)15/h9H,5-8,16H2,1-4H3,(H,17,19). The topological polar surface area (TPSA) is 58.4 Å². The first-order chi connectivity index (χ1) is 8.52. The number of nitrogens with two attached hydrogens (primary N) is 1. The zero-order valence-corrected chi connectivity index (χ0v) is 12.0. The molecule has 0 aliphatic heterocycles. The molecule has 0 saturated carbocycles. The van der Waals surface area contributed by atoms with Gasteiger partial charge in [0, 0.05) is 18.6 Å². The van der Waals surface area contributed by atoms with Crippen molar-refractivity contribution in [1.82, 2.24) is 10.2 Å². The molecule has 1 unspecified atom stereocenters. The molecule has 114 valence electrons. The van der Waals surface area contributed by atoms with E-state index in [4.69, 9.17) is 5.73 Å². The highest BCUT2D eigenvalue weighted by Crippen LogP contribution is 2.18. The van der Waals surface area contributed by atoms with Gasteiger partial charge in [0.25, 0.3) is 0 Å². The predicted octanol–water partition coefficient (Wildman–Crippen LogP) is 1.50.